The van der Waals surface area contributed by atoms with Crippen molar-refractivity contribution in [3.05, 3.63) is 0 Å². The number of carboxylic acids is 1. The Kier molecular flexibility index (Phi) is 5.53. The van der Waals surface area contributed by atoms with Gasteiger partial charge in [0.1, 0.15) is 0 Å². The van der Waals surface area contributed by atoms with Crippen molar-refractivity contribution < 1.29 is 19.6 Å². The van der Waals surface area contributed by atoms with Crippen LogP contribution in [-0.2, 0) is 9.36 Å². The summed E-state index contributed by atoms with van der Waals surface area (Å²) < 4.78 is 12.5. The van der Waals surface area contributed by atoms with Crippen LogP contribution in [0.3, 0.4) is 0 Å². The quantitative estimate of drug-likeness (QED) is 0.698. The molecule has 3 atom stereocenters. The fourth-order valence-corrected chi connectivity index (χ4v) is 3.00. The molecule has 0 aromatic heterocycles. The lowest BCUT2D eigenvalue weighted by Crippen LogP contribution is -2.63. The lowest BCUT2D eigenvalue weighted by molar-refractivity contribution is -0.160. The van der Waals surface area contributed by atoms with Gasteiger partial charge in [-0.1, -0.05) is 23.1 Å². The smallest absolute Gasteiger partial charge is 0.422 e. The molecule has 0 bridgehead atoms. The van der Waals surface area contributed by atoms with Crippen LogP contribution in [0.1, 0.15) is 34.6 Å². The van der Waals surface area contributed by atoms with Gasteiger partial charge in [-0.15, -0.1) is 0 Å². The molecule has 3 unspecified atom stereocenters. The van der Waals surface area contributed by atoms with Crippen LogP contribution in [0.15, 0.2) is 0 Å². The lowest BCUT2D eigenvalue weighted by atomic mass is 9.81. The third kappa shape index (κ3) is 2.42. The Labute approximate surface area is 97.7 Å². The zero-order valence-corrected chi connectivity index (χ0v) is 11.4. The number of hydrogen-bond donors (Lipinski definition) is 2. The second-order valence-corrected chi connectivity index (χ2v) is 5.18. The Morgan fingerprint density at radius 3 is 1.75 bits per heavy atom. The van der Waals surface area contributed by atoms with Crippen LogP contribution in [0, 0.1) is 5.92 Å². The van der Waals surface area contributed by atoms with Gasteiger partial charge in [-0.25, -0.2) is 4.79 Å². The van der Waals surface area contributed by atoms with E-state index in [2.05, 4.69) is 0 Å². The predicted molar refractivity (Wildman–Crippen MR) is 62.9 cm³/mol. The summed E-state index contributed by atoms with van der Waals surface area (Å²) in [5.74, 6) is -1.50. The molecular weight excluding hydrogens is 229 g/mol. The molecule has 0 aliphatic carbocycles. The van der Waals surface area contributed by atoms with Crippen molar-refractivity contribution in [2.75, 3.05) is 0 Å². The van der Waals surface area contributed by atoms with E-state index in [1.807, 2.05) is 0 Å². The molecule has 0 saturated heterocycles. The first-order valence-electron chi connectivity index (χ1n) is 5.31. The first kappa shape index (κ1) is 15.5. The average molecular weight is 250 g/mol. The maximum absolute atomic E-state index is 11.5. The zero-order chi connectivity index (χ0) is 13.1. The van der Waals surface area contributed by atoms with Gasteiger partial charge in [0.2, 0.25) is 0 Å². The summed E-state index contributed by atoms with van der Waals surface area (Å²) in [4.78, 5) is 11.5. The van der Waals surface area contributed by atoms with Crippen LogP contribution in [0.25, 0.3) is 0 Å². The third-order valence-corrected chi connectivity index (χ3v) is 3.96. The van der Waals surface area contributed by atoms with Crippen LogP contribution in [0.2, 0.25) is 0 Å². The molecule has 2 N–H and O–H groups in total. The molecule has 0 aliphatic rings. The number of nitrogens with zero attached hydrogens (tertiary/aromatic N) is 1. The van der Waals surface area contributed by atoms with Gasteiger partial charge in [-0.3, -0.25) is 0 Å². The van der Waals surface area contributed by atoms with Gasteiger partial charge in [0.15, 0.2) is 5.54 Å². The summed E-state index contributed by atoms with van der Waals surface area (Å²) in [5, 5.41) is 19.2. The molecule has 0 aliphatic heterocycles. The van der Waals surface area contributed by atoms with E-state index in [-0.39, 0.29) is 12.0 Å². The highest BCUT2D eigenvalue weighted by atomic mass is 31.1. The first-order chi connectivity index (χ1) is 7.22. The molecule has 0 aromatic carbocycles. The zero-order valence-electron chi connectivity index (χ0n) is 10.4. The minimum atomic E-state index is -1.51. The van der Waals surface area contributed by atoms with E-state index in [9.17, 15) is 19.6 Å². The summed E-state index contributed by atoms with van der Waals surface area (Å²) in [5.41, 5.74) is -1.51. The summed E-state index contributed by atoms with van der Waals surface area (Å²) >= 11 is 0. The topological polar surface area (TPSA) is 77.8 Å². The van der Waals surface area contributed by atoms with E-state index in [0.717, 1.165) is 0 Å². The van der Waals surface area contributed by atoms with Crippen LogP contribution >= 0.6 is 8.61 Å². The average Bonchev–Trinajstić information content (AvgIpc) is 2.10. The maximum Gasteiger partial charge on any atom is 0.422 e. The molecule has 0 amide bonds. The number of hydrogen-bond acceptors (Lipinski definition) is 3. The third-order valence-electron chi connectivity index (χ3n) is 2.87. The van der Waals surface area contributed by atoms with E-state index in [1.54, 1.807) is 27.7 Å². The van der Waals surface area contributed by atoms with Gasteiger partial charge in [0.25, 0.3) is 0 Å². The number of aliphatic carboxylic acids is 1. The Morgan fingerprint density at radius 1 is 1.25 bits per heavy atom. The van der Waals surface area contributed by atoms with Gasteiger partial charge in [0.05, 0.1) is 12.1 Å². The van der Waals surface area contributed by atoms with E-state index in [1.165, 1.54) is 11.6 Å². The summed E-state index contributed by atoms with van der Waals surface area (Å²) in [6, 6.07) is -0.219. The van der Waals surface area contributed by atoms with Gasteiger partial charge in [0, 0.05) is 0 Å². The lowest BCUT2D eigenvalue weighted by Gasteiger charge is -2.39. The van der Waals surface area contributed by atoms with Crippen LogP contribution in [0.4, 0.5) is 0 Å². The molecule has 6 heteroatoms. The largest absolute Gasteiger partial charge is 0.480 e. The second-order valence-electron chi connectivity index (χ2n) is 4.52. The van der Waals surface area contributed by atoms with Gasteiger partial charge < -0.3 is 10.2 Å². The van der Waals surface area contributed by atoms with E-state index >= 15 is 0 Å². The number of rotatable bonds is 6. The fraction of sp³-hybridized carbons (Fsp3) is 0.900. The SMILES string of the molecule is CC(C)N([PH+]=O)C(C(=O)O)(C(C)C)C(C)O. The maximum atomic E-state index is 11.5. The normalized spacial score (nSPS) is 18.1. The van der Waals surface area contributed by atoms with Crippen molar-refractivity contribution in [1.82, 2.24) is 4.67 Å². The Balaban J connectivity index is 5.67. The molecule has 0 saturated carbocycles. The van der Waals surface area contributed by atoms with Crippen LogP contribution < -0.4 is 0 Å². The van der Waals surface area contributed by atoms with Crippen LogP contribution in [-0.4, -0.2) is 38.5 Å². The number of carboxylic acid groups (broad SMARTS) is 1. The standard InChI is InChI=1S/C10H20NO4P/c1-6(2)10(8(5)12,9(13)14)11(16-15)7(3)4/h6-8,12H,1-5H3,(H,13,14)/p+1. The first-order valence-corrected chi connectivity index (χ1v) is 6.17. The molecule has 0 spiro atoms. The van der Waals surface area contributed by atoms with Crippen molar-refractivity contribution in [2.45, 2.75) is 52.3 Å². The van der Waals surface area contributed by atoms with Crippen molar-refractivity contribution in [1.29, 1.82) is 0 Å². The fourth-order valence-electron chi connectivity index (χ4n) is 2.10. The number of aliphatic hydroxyl groups excluding tert-OH is 1. The molecule has 16 heavy (non-hydrogen) atoms. The molecule has 0 heterocycles. The molecular formula is C10H21NO4P+. The monoisotopic (exact) mass is 250 g/mol. The predicted octanol–water partition coefficient (Wildman–Crippen LogP) is 1.50. The number of aliphatic hydroxyl groups is 1. The van der Waals surface area contributed by atoms with E-state index < -0.39 is 26.2 Å². The molecule has 94 valence electrons. The molecule has 0 aromatic rings. The van der Waals surface area contributed by atoms with Crippen LogP contribution in [0.5, 0.6) is 0 Å². The Bertz CT molecular complexity index is 258. The summed E-state index contributed by atoms with van der Waals surface area (Å²) in [6.07, 6.45) is -1.10. The minimum absolute atomic E-state index is 0.219. The van der Waals surface area contributed by atoms with E-state index in [4.69, 9.17) is 0 Å². The van der Waals surface area contributed by atoms with Gasteiger partial charge >= 0.3 is 14.6 Å². The molecule has 5 nitrogen and oxygen atoms in total. The Morgan fingerprint density at radius 2 is 1.69 bits per heavy atom. The highest BCUT2D eigenvalue weighted by Crippen LogP contribution is 2.35. The Hall–Kier alpha value is -0.510. The summed E-state index contributed by atoms with van der Waals surface area (Å²) in [6.45, 7) is 8.34. The van der Waals surface area contributed by atoms with Crippen molar-refractivity contribution in [2.24, 2.45) is 5.92 Å². The summed E-state index contributed by atoms with van der Waals surface area (Å²) in [7, 11) is -0.899. The minimum Gasteiger partial charge on any atom is -0.480 e. The van der Waals surface area contributed by atoms with Crippen molar-refractivity contribution in [3.63, 3.8) is 0 Å². The second kappa shape index (κ2) is 5.71. The number of carbonyl (C=O) groups is 1. The highest BCUT2D eigenvalue weighted by Gasteiger charge is 2.56. The van der Waals surface area contributed by atoms with Crippen molar-refractivity contribution >= 4 is 14.6 Å². The molecule has 0 fully saturated rings. The van der Waals surface area contributed by atoms with Crippen molar-refractivity contribution in [3.8, 4) is 0 Å². The van der Waals surface area contributed by atoms with Gasteiger partial charge in [-0.2, -0.15) is 0 Å². The van der Waals surface area contributed by atoms with E-state index in [0.29, 0.717) is 0 Å². The highest BCUT2D eigenvalue weighted by molar-refractivity contribution is 7.20. The van der Waals surface area contributed by atoms with Gasteiger partial charge in [-0.05, 0) is 26.7 Å². The molecule has 0 radical (unpaired) electrons. The molecule has 0 rings (SSSR count).